The molecule has 0 aromatic carbocycles. The third-order valence-electron chi connectivity index (χ3n) is 2.85. The molecule has 4 heteroatoms. The summed E-state index contributed by atoms with van der Waals surface area (Å²) >= 11 is 3.44. The van der Waals surface area contributed by atoms with E-state index in [1.807, 2.05) is 0 Å². The van der Waals surface area contributed by atoms with Crippen molar-refractivity contribution in [3.8, 4) is 0 Å². The SMILES string of the molecule is CC1(C)CCN(CCCBr)CCS1=O. The predicted molar refractivity (Wildman–Crippen MR) is 66.6 cm³/mol. The molecule has 2 nitrogen and oxygen atoms in total. The fourth-order valence-corrected chi connectivity index (χ4v) is 3.19. The number of alkyl halides is 1. The lowest BCUT2D eigenvalue weighted by atomic mass is 10.1. The van der Waals surface area contributed by atoms with E-state index in [-0.39, 0.29) is 4.75 Å². The van der Waals surface area contributed by atoms with E-state index >= 15 is 0 Å². The van der Waals surface area contributed by atoms with Gasteiger partial charge in [-0.15, -0.1) is 0 Å². The molecule has 0 saturated carbocycles. The van der Waals surface area contributed by atoms with E-state index in [4.69, 9.17) is 0 Å². The lowest BCUT2D eigenvalue weighted by Crippen LogP contribution is -2.28. The van der Waals surface area contributed by atoms with Crippen LogP contribution in [-0.2, 0) is 10.8 Å². The first-order valence-electron chi connectivity index (χ1n) is 5.23. The van der Waals surface area contributed by atoms with Crippen LogP contribution in [0.5, 0.6) is 0 Å². The quantitative estimate of drug-likeness (QED) is 0.738. The van der Waals surface area contributed by atoms with Crippen LogP contribution in [0.3, 0.4) is 0 Å². The summed E-state index contributed by atoms with van der Waals surface area (Å²) in [5.41, 5.74) is 0. The van der Waals surface area contributed by atoms with Crippen LogP contribution in [-0.4, -0.2) is 44.6 Å². The van der Waals surface area contributed by atoms with Gasteiger partial charge in [-0.25, -0.2) is 0 Å². The fourth-order valence-electron chi connectivity index (χ4n) is 1.65. The van der Waals surface area contributed by atoms with Crippen LogP contribution >= 0.6 is 15.9 Å². The van der Waals surface area contributed by atoms with Crippen LogP contribution in [0.4, 0.5) is 0 Å². The van der Waals surface area contributed by atoms with E-state index in [9.17, 15) is 4.21 Å². The van der Waals surface area contributed by atoms with Crippen LogP contribution in [0, 0.1) is 0 Å². The molecular weight excluding hydrogens is 262 g/mol. The summed E-state index contributed by atoms with van der Waals surface area (Å²) in [6.45, 7) is 7.49. The first-order chi connectivity index (χ1) is 6.56. The Labute approximate surface area is 98.0 Å². The van der Waals surface area contributed by atoms with E-state index in [0.717, 1.165) is 37.1 Å². The van der Waals surface area contributed by atoms with E-state index < -0.39 is 10.8 Å². The number of hydrogen-bond donors (Lipinski definition) is 0. The van der Waals surface area contributed by atoms with Crippen LogP contribution in [0.15, 0.2) is 0 Å². The van der Waals surface area contributed by atoms with Gasteiger partial charge in [-0.1, -0.05) is 15.9 Å². The molecule has 1 atom stereocenters. The summed E-state index contributed by atoms with van der Waals surface area (Å²) in [7, 11) is -0.648. The lowest BCUT2D eigenvalue weighted by molar-refractivity contribution is 0.286. The second-order valence-electron chi connectivity index (χ2n) is 4.44. The average molecular weight is 282 g/mol. The summed E-state index contributed by atoms with van der Waals surface area (Å²) < 4.78 is 11.8. The molecule has 0 spiro atoms. The van der Waals surface area contributed by atoms with Crippen molar-refractivity contribution >= 4 is 26.7 Å². The molecule has 0 aliphatic carbocycles. The normalized spacial score (nSPS) is 28.6. The zero-order valence-electron chi connectivity index (χ0n) is 9.09. The standard InChI is InChI=1S/C10H20BrNOS/c1-10(2)4-7-12(6-3-5-11)8-9-14(10)13/h3-9H2,1-2H3. The molecule has 0 bridgehead atoms. The molecule has 84 valence electrons. The van der Waals surface area contributed by atoms with Gasteiger partial charge in [0.1, 0.15) is 0 Å². The Hall–Kier alpha value is 0.590. The highest BCUT2D eigenvalue weighted by molar-refractivity contribution is 9.09. The monoisotopic (exact) mass is 281 g/mol. The highest BCUT2D eigenvalue weighted by Crippen LogP contribution is 2.21. The Morgan fingerprint density at radius 1 is 1.43 bits per heavy atom. The van der Waals surface area contributed by atoms with E-state index in [1.165, 1.54) is 6.42 Å². The van der Waals surface area contributed by atoms with Gasteiger partial charge in [0.25, 0.3) is 0 Å². The molecule has 1 saturated heterocycles. The fraction of sp³-hybridized carbons (Fsp3) is 1.00. The van der Waals surface area contributed by atoms with Crippen molar-refractivity contribution in [1.82, 2.24) is 4.90 Å². The van der Waals surface area contributed by atoms with Crippen LogP contribution < -0.4 is 0 Å². The molecule has 1 fully saturated rings. The summed E-state index contributed by atoms with van der Waals surface area (Å²) in [5, 5.41) is 1.07. The topological polar surface area (TPSA) is 20.3 Å². The van der Waals surface area contributed by atoms with Crippen molar-refractivity contribution in [1.29, 1.82) is 0 Å². The van der Waals surface area contributed by atoms with Gasteiger partial charge in [0, 0.05) is 33.2 Å². The van der Waals surface area contributed by atoms with Crippen molar-refractivity contribution < 1.29 is 4.21 Å². The van der Waals surface area contributed by atoms with Crippen LogP contribution in [0.2, 0.25) is 0 Å². The maximum atomic E-state index is 11.8. The summed E-state index contributed by atoms with van der Waals surface area (Å²) in [6.07, 6.45) is 2.25. The average Bonchev–Trinajstić information content (AvgIpc) is 2.26. The minimum atomic E-state index is -0.648. The Morgan fingerprint density at radius 2 is 2.14 bits per heavy atom. The molecule has 0 radical (unpaired) electrons. The predicted octanol–water partition coefficient (Wildman–Crippen LogP) is 2.00. The molecule has 0 amide bonds. The molecule has 0 aromatic rings. The van der Waals surface area contributed by atoms with Crippen molar-refractivity contribution in [3.05, 3.63) is 0 Å². The van der Waals surface area contributed by atoms with Gasteiger partial charge >= 0.3 is 0 Å². The Balaban J connectivity index is 2.44. The summed E-state index contributed by atoms with van der Waals surface area (Å²) in [5.74, 6) is 0.843. The maximum Gasteiger partial charge on any atom is 0.0415 e. The van der Waals surface area contributed by atoms with Crippen molar-refractivity contribution in [3.63, 3.8) is 0 Å². The Morgan fingerprint density at radius 3 is 2.79 bits per heavy atom. The molecule has 0 aromatic heterocycles. The highest BCUT2D eigenvalue weighted by Gasteiger charge is 2.29. The van der Waals surface area contributed by atoms with Gasteiger partial charge in [0.2, 0.25) is 0 Å². The Bertz CT molecular complexity index is 208. The first kappa shape index (κ1) is 12.7. The van der Waals surface area contributed by atoms with Gasteiger partial charge in [0.15, 0.2) is 0 Å². The molecule has 14 heavy (non-hydrogen) atoms. The number of halogens is 1. The molecule has 1 unspecified atom stereocenters. The lowest BCUT2D eigenvalue weighted by Gasteiger charge is -2.21. The van der Waals surface area contributed by atoms with Gasteiger partial charge in [-0.2, -0.15) is 0 Å². The van der Waals surface area contributed by atoms with Crippen molar-refractivity contribution in [2.45, 2.75) is 31.4 Å². The number of rotatable bonds is 3. The van der Waals surface area contributed by atoms with Gasteiger partial charge in [-0.05, 0) is 39.8 Å². The molecule has 0 N–H and O–H groups in total. The van der Waals surface area contributed by atoms with Crippen molar-refractivity contribution in [2.24, 2.45) is 0 Å². The second-order valence-corrected chi connectivity index (χ2v) is 7.44. The van der Waals surface area contributed by atoms with E-state index in [0.29, 0.717) is 0 Å². The zero-order chi connectivity index (χ0) is 10.6. The zero-order valence-corrected chi connectivity index (χ0v) is 11.5. The molecule has 1 aliphatic rings. The number of nitrogens with zero attached hydrogens (tertiary/aromatic N) is 1. The van der Waals surface area contributed by atoms with Gasteiger partial charge in [-0.3, -0.25) is 4.21 Å². The molecular formula is C10H20BrNOS. The molecule has 1 aliphatic heterocycles. The van der Waals surface area contributed by atoms with Gasteiger partial charge < -0.3 is 4.90 Å². The first-order valence-corrected chi connectivity index (χ1v) is 7.67. The van der Waals surface area contributed by atoms with Crippen LogP contribution in [0.1, 0.15) is 26.7 Å². The number of hydrogen-bond acceptors (Lipinski definition) is 2. The third-order valence-corrected chi connectivity index (χ3v) is 5.40. The minimum Gasteiger partial charge on any atom is -0.302 e. The second kappa shape index (κ2) is 5.61. The molecule has 1 heterocycles. The molecule has 1 rings (SSSR count). The maximum absolute atomic E-state index is 11.8. The van der Waals surface area contributed by atoms with E-state index in [2.05, 4.69) is 34.7 Å². The summed E-state index contributed by atoms with van der Waals surface area (Å²) in [6, 6.07) is 0. The largest absolute Gasteiger partial charge is 0.302 e. The van der Waals surface area contributed by atoms with Crippen molar-refractivity contribution in [2.75, 3.05) is 30.7 Å². The van der Waals surface area contributed by atoms with E-state index in [1.54, 1.807) is 0 Å². The third kappa shape index (κ3) is 3.63. The van der Waals surface area contributed by atoms with Gasteiger partial charge in [0.05, 0.1) is 0 Å². The Kier molecular flexibility index (Phi) is 5.08. The minimum absolute atomic E-state index is 0.0170. The van der Waals surface area contributed by atoms with Crippen LogP contribution in [0.25, 0.3) is 0 Å². The smallest absolute Gasteiger partial charge is 0.0415 e. The highest BCUT2D eigenvalue weighted by atomic mass is 79.9. The summed E-state index contributed by atoms with van der Waals surface area (Å²) in [4.78, 5) is 2.44.